The highest BCUT2D eigenvalue weighted by Gasteiger charge is 2.23. The molecule has 0 saturated heterocycles. The van der Waals surface area contributed by atoms with Gasteiger partial charge in [-0.05, 0) is 48.6 Å². The Morgan fingerprint density at radius 1 is 1.19 bits per heavy atom. The Kier molecular flexibility index (Phi) is 5.40. The van der Waals surface area contributed by atoms with E-state index in [0.717, 1.165) is 11.3 Å². The summed E-state index contributed by atoms with van der Waals surface area (Å²) in [5, 5.41) is 3.05. The largest absolute Gasteiger partial charge is 0.356 e. The number of carbonyl (C=O) groups excluding carboxylic acids is 1. The van der Waals surface area contributed by atoms with Crippen molar-refractivity contribution in [3.63, 3.8) is 0 Å². The van der Waals surface area contributed by atoms with E-state index >= 15 is 0 Å². The summed E-state index contributed by atoms with van der Waals surface area (Å²) >= 11 is 0. The zero-order valence-corrected chi connectivity index (χ0v) is 16.0. The number of pyridine rings is 1. The van der Waals surface area contributed by atoms with E-state index in [1.54, 1.807) is 0 Å². The van der Waals surface area contributed by atoms with Crippen molar-refractivity contribution in [3.8, 4) is 0 Å². The van der Waals surface area contributed by atoms with E-state index in [0.29, 0.717) is 18.9 Å². The molecule has 0 aliphatic rings. The van der Waals surface area contributed by atoms with Crippen molar-refractivity contribution >= 4 is 11.6 Å². The standard InChI is InChI=1S/C22H27N3O/c1-15(2)13-24-22(26)12-19(18-8-6-5-7-17(18)4)20-14-23-21-11-16(3)9-10-25(20)21/h5-11,14-15,19H,12-13H2,1-4H3,(H,24,26)/t19-/m1/s1. The Labute approximate surface area is 155 Å². The minimum absolute atomic E-state index is 0.0268. The molecule has 0 fully saturated rings. The van der Waals surface area contributed by atoms with E-state index in [-0.39, 0.29) is 11.8 Å². The minimum atomic E-state index is -0.0268. The fraction of sp³-hybridized carbons (Fsp3) is 0.364. The van der Waals surface area contributed by atoms with Gasteiger partial charge in [-0.2, -0.15) is 0 Å². The van der Waals surface area contributed by atoms with Crippen LogP contribution >= 0.6 is 0 Å². The molecule has 0 radical (unpaired) electrons. The summed E-state index contributed by atoms with van der Waals surface area (Å²) in [7, 11) is 0. The normalized spacial score (nSPS) is 12.5. The van der Waals surface area contributed by atoms with Crippen molar-refractivity contribution in [1.82, 2.24) is 14.7 Å². The summed E-state index contributed by atoms with van der Waals surface area (Å²) in [5.41, 5.74) is 5.51. The van der Waals surface area contributed by atoms with Gasteiger partial charge in [-0.3, -0.25) is 4.79 Å². The summed E-state index contributed by atoms with van der Waals surface area (Å²) in [6, 6.07) is 12.4. The number of fused-ring (bicyclic) bond motifs is 1. The first-order chi connectivity index (χ1) is 12.5. The van der Waals surface area contributed by atoms with Crippen molar-refractivity contribution < 1.29 is 4.79 Å². The fourth-order valence-electron chi connectivity index (χ4n) is 3.29. The maximum absolute atomic E-state index is 12.6. The lowest BCUT2D eigenvalue weighted by molar-refractivity contribution is -0.121. The van der Waals surface area contributed by atoms with Gasteiger partial charge in [0.25, 0.3) is 0 Å². The molecule has 0 bridgehead atoms. The Morgan fingerprint density at radius 3 is 2.69 bits per heavy atom. The number of hydrogen-bond acceptors (Lipinski definition) is 2. The SMILES string of the molecule is Cc1ccn2c([C@H](CC(=O)NCC(C)C)c3ccccc3C)cnc2c1. The van der Waals surface area contributed by atoms with Crippen molar-refractivity contribution in [2.24, 2.45) is 5.92 Å². The molecule has 0 aliphatic heterocycles. The molecule has 4 heteroatoms. The van der Waals surface area contributed by atoms with E-state index in [1.807, 2.05) is 24.5 Å². The second kappa shape index (κ2) is 7.73. The van der Waals surface area contributed by atoms with Crippen LogP contribution in [0.15, 0.2) is 48.8 Å². The zero-order valence-electron chi connectivity index (χ0n) is 16.0. The smallest absolute Gasteiger partial charge is 0.221 e. The van der Waals surface area contributed by atoms with Gasteiger partial charge in [-0.1, -0.05) is 38.1 Å². The monoisotopic (exact) mass is 349 g/mol. The lowest BCUT2D eigenvalue weighted by atomic mass is 9.89. The quantitative estimate of drug-likeness (QED) is 0.723. The molecule has 4 nitrogen and oxygen atoms in total. The average molecular weight is 349 g/mol. The van der Waals surface area contributed by atoms with Crippen LogP contribution in [0.5, 0.6) is 0 Å². The minimum Gasteiger partial charge on any atom is -0.356 e. The van der Waals surface area contributed by atoms with E-state index in [2.05, 4.69) is 66.7 Å². The van der Waals surface area contributed by atoms with Gasteiger partial charge in [0, 0.05) is 31.3 Å². The number of nitrogens with zero attached hydrogens (tertiary/aromatic N) is 2. The van der Waals surface area contributed by atoms with Gasteiger partial charge >= 0.3 is 0 Å². The second-order valence-corrected chi connectivity index (χ2v) is 7.43. The van der Waals surface area contributed by atoms with Crippen LogP contribution in [0.3, 0.4) is 0 Å². The number of carbonyl (C=O) groups is 1. The van der Waals surface area contributed by atoms with Gasteiger partial charge in [0.1, 0.15) is 5.65 Å². The van der Waals surface area contributed by atoms with Crippen molar-refractivity contribution in [2.45, 2.75) is 40.0 Å². The van der Waals surface area contributed by atoms with Crippen LogP contribution < -0.4 is 5.32 Å². The van der Waals surface area contributed by atoms with Crippen molar-refractivity contribution in [2.75, 3.05) is 6.54 Å². The lowest BCUT2D eigenvalue weighted by Crippen LogP contribution is -2.29. The van der Waals surface area contributed by atoms with Crippen LogP contribution in [0, 0.1) is 19.8 Å². The van der Waals surface area contributed by atoms with Crippen LogP contribution in [0.25, 0.3) is 5.65 Å². The first kappa shape index (κ1) is 18.2. The third-order valence-electron chi connectivity index (χ3n) is 4.72. The summed E-state index contributed by atoms with van der Waals surface area (Å²) in [5.74, 6) is 0.490. The molecule has 1 N–H and O–H groups in total. The van der Waals surface area contributed by atoms with Gasteiger partial charge in [-0.25, -0.2) is 4.98 Å². The Morgan fingerprint density at radius 2 is 1.96 bits per heavy atom. The highest BCUT2D eigenvalue weighted by Crippen LogP contribution is 2.31. The molecule has 1 aromatic carbocycles. The van der Waals surface area contributed by atoms with Gasteiger partial charge in [0.05, 0.1) is 5.69 Å². The van der Waals surface area contributed by atoms with Gasteiger partial charge in [0.15, 0.2) is 0 Å². The maximum Gasteiger partial charge on any atom is 0.221 e. The molecule has 136 valence electrons. The predicted molar refractivity (Wildman–Crippen MR) is 105 cm³/mol. The summed E-state index contributed by atoms with van der Waals surface area (Å²) < 4.78 is 2.10. The first-order valence-corrected chi connectivity index (χ1v) is 9.21. The van der Waals surface area contributed by atoms with Crippen LogP contribution in [0.2, 0.25) is 0 Å². The molecule has 2 heterocycles. The van der Waals surface area contributed by atoms with E-state index in [4.69, 9.17) is 0 Å². The van der Waals surface area contributed by atoms with Crippen LogP contribution in [0.4, 0.5) is 0 Å². The molecule has 0 aliphatic carbocycles. The first-order valence-electron chi connectivity index (χ1n) is 9.21. The lowest BCUT2D eigenvalue weighted by Gasteiger charge is -2.20. The van der Waals surface area contributed by atoms with Crippen molar-refractivity contribution in [1.29, 1.82) is 0 Å². The highest BCUT2D eigenvalue weighted by molar-refractivity contribution is 5.77. The Hall–Kier alpha value is -2.62. The zero-order chi connectivity index (χ0) is 18.7. The van der Waals surface area contributed by atoms with Crippen LogP contribution in [0.1, 0.15) is 48.6 Å². The topological polar surface area (TPSA) is 46.4 Å². The summed E-state index contributed by atoms with van der Waals surface area (Å²) in [6.07, 6.45) is 4.37. The molecule has 26 heavy (non-hydrogen) atoms. The van der Waals surface area contributed by atoms with Gasteiger partial charge in [0.2, 0.25) is 5.91 Å². The number of rotatable bonds is 6. The maximum atomic E-state index is 12.6. The van der Waals surface area contributed by atoms with E-state index in [1.165, 1.54) is 16.7 Å². The molecule has 0 saturated carbocycles. The molecular formula is C22H27N3O. The number of aromatic nitrogens is 2. The highest BCUT2D eigenvalue weighted by atomic mass is 16.1. The number of aryl methyl sites for hydroxylation is 2. The number of imidazole rings is 1. The number of hydrogen-bond donors (Lipinski definition) is 1. The summed E-state index contributed by atoms with van der Waals surface area (Å²) in [4.78, 5) is 17.2. The molecule has 1 amide bonds. The van der Waals surface area contributed by atoms with Crippen molar-refractivity contribution in [3.05, 3.63) is 71.2 Å². The molecule has 0 spiro atoms. The molecule has 3 rings (SSSR count). The summed E-state index contributed by atoms with van der Waals surface area (Å²) in [6.45, 7) is 9.07. The Balaban J connectivity index is 2.00. The number of amides is 1. The van der Waals surface area contributed by atoms with Gasteiger partial charge < -0.3 is 9.72 Å². The van der Waals surface area contributed by atoms with E-state index in [9.17, 15) is 4.79 Å². The molecular weight excluding hydrogens is 322 g/mol. The Bertz CT molecular complexity index is 911. The number of nitrogens with one attached hydrogen (secondary N) is 1. The fourth-order valence-corrected chi connectivity index (χ4v) is 3.29. The third kappa shape index (κ3) is 3.96. The van der Waals surface area contributed by atoms with E-state index < -0.39 is 0 Å². The molecule has 2 aromatic heterocycles. The molecule has 3 aromatic rings. The molecule has 0 unspecified atom stereocenters. The van der Waals surface area contributed by atoms with Crippen LogP contribution in [-0.4, -0.2) is 21.8 Å². The average Bonchev–Trinajstić information content (AvgIpc) is 3.01. The third-order valence-corrected chi connectivity index (χ3v) is 4.72. The van der Waals surface area contributed by atoms with Gasteiger partial charge in [-0.15, -0.1) is 0 Å². The number of benzene rings is 1. The second-order valence-electron chi connectivity index (χ2n) is 7.43. The predicted octanol–water partition coefficient (Wildman–Crippen LogP) is 4.25. The van der Waals surface area contributed by atoms with Crippen LogP contribution in [-0.2, 0) is 4.79 Å². The molecule has 1 atom stereocenters.